The number of methoxy groups -OCH3 is 1. The molecule has 0 fully saturated rings. The third-order valence-electron chi connectivity index (χ3n) is 4.73. The summed E-state index contributed by atoms with van der Waals surface area (Å²) in [4.78, 5) is 20.1. The van der Waals surface area contributed by atoms with Crippen molar-refractivity contribution in [3.05, 3.63) is 48.1 Å². The van der Waals surface area contributed by atoms with E-state index in [9.17, 15) is 4.79 Å². The maximum absolute atomic E-state index is 11.2. The van der Waals surface area contributed by atoms with Gasteiger partial charge in [0, 0.05) is 49.0 Å². The Balaban J connectivity index is 1.84. The minimum absolute atomic E-state index is 0.141. The van der Waals surface area contributed by atoms with E-state index in [1.807, 2.05) is 24.5 Å². The Morgan fingerprint density at radius 3 is 2.70 bits per heavy atom. The number of pyridine rings is 2. The van der Waals surface area contributed by atoms with Crippen molar-refractivity contribution in [2.75, 3.05) is 12.4 Å². The van der Waals surface area contributed by atoms with E-state index < -0.39 is 0 Å². The molecule has 1 aliphatic rings. The SMILES string of the molecule is CCCC(OC)C1C=C(C)C(c2cc3cnc(NC(C)=O)cc3cn2)=CN1. The zero-order chi connectivity index (χ0) is 19.4. The molecule has 27 heavy (non-hydrogen) atoms. The van der Waals surface area contributed by atoms with E-state index in [0.717, 1.165) is 34.9 Å². The number of ether oxygens (including phenoxy) is 1. The number of hydrogen-bond acceptors (Lipinski definition) is 5. The average Bonchev–Trinajstić information content (AvgIpc) is 2.65. The summed E-state index contributed by atoms with van der Waals surface area (Å²) in [5, 5.41) is 8.05. The molecule has 1 aliphatic heterocycles. The van der Waals surface area contributed by atoms with Gasteiger partial charge in [-0.15, -0.1) is 0 Å². The van der Waals surface area contributed by atoms with E-state index in [-0.39, 0.29) is 18.1 Å². The topological polar surface area (TPSA) is 76.1 Å². The van der Waals surface area contributed by atoms with E-state index in [1.165, 1.54) is 12.5 Å². The van der Waals surface area contributed by atoms with E-state index in [2.05, 4.69) is 40.5 Å². The Morgan fingerprint density at radius 1 is 1.30 bits per heavy atom. The minimum atomic E-state index is -0.141. The van der Waals surface area contributed by atoms with Crippen molar-refractivity contribution >= 4 is 28.1 Å². The standard InChI is InChI=1S/C21H26N4O2/c1-5-6-20(27-4)19-7-13(2)17(12-23-19)18-8-15-11-24-21(25-14(3)26)9-16(15)10-22-18/h7-12,19-20,23H,5-6H2,1-4H3,(H,24,25,26). The second-order valence-corrected chi connectivity index (χ2v) is 6.83. The van der Waals surface area contributed by atoms with Gasteiger partial charge >= 0.3 is 0 Å². The Bertz CT molecular complexity index is 904. The molecule has 2 aromatic heterocycles. The number of fused-ring (bicyclic) bond motifs is 1. The van der Waals surface area contributed by atoms with Crippen molar-refractivity contribution < 1.29 is 9.53 Å². The highest BCUT2D eigenvalue weighted by atomic mass is 16.5. The van der Waals surface area contributed by atoms with E-state index >= 15 is 0 Å². The van der Waals surface area contributed by atoms with Crippen LogP contribution in [-0.2, 0) is 9.53 Å². The number of carbonyl (C=O) groups excluding carboxylic acids is 1. The van der Waals surface area contributed by atoms with Gasteiger partial charge in [-0.25, -0.2) is 4.98 Å². The molecule has 6 nitrogen and oxygen atoms in total. The maximum atomic E-state index is 11.2. The lowest BCUT2D eigenvalue weighted by Crippen LogP contribution is -2.38. The number of nitrogens with zero attached hydrogens (tertiary/aromatic N) is 2. The molecule has 1 amide bonds. The van der Waals surface area contributed by atoms with Crippen LogP contribution in [0.15, 0.2) is 42.4 Å². The molecular formula is C21H26N4O2. The Kier molecular flexibility index (Phi) is 5.86. The van der Waals surface area contributed by atoms with Gasteiger partial charge in [0.15, 0.2) is 0 Å². The molecule has 0 bridgehead atoms. The fraction of sp³-hybridized carbons (Fsp3) is 0.381. The monoisotopic (exact) mass is 366 g/mol. The predicted molar refractivity (Wildman–Crippen MR) is 108 cm³/mol. The molecule has 0 spiro atoms. The first-order valence-corrected chi connectivity index (χ1v) is 9.23. The van der Waals surface area contributed by atoms with Crippen LogP contribution in [0.4, 0.5) is 5.82 Å². The fourth-order valence-electron chi connectivity index (χ4n) is 3.35. The summed E-state index contributed by atoms with van der Waals surface area (Å²) in [5.74, 6) is 0.390. The number of anilines is 1. The van der Waals surface area contributed by atoms with Crippen LogP contribution >= 0.6 is 0 Å². The molecule has 3 heterocycles. The number of nitrogens with one attached hydrogen (secondary N) is 2. The molecule has 0 radical (unpaired) electrons. The number of hydrogen-bond donors (Lipinski definition) is 2. The normalized spacial score (nSPS) is 17.7. The fourth-order valence-corrected chi connectivity index (χ4v) is 3.35. The quantitative estimate of drug-likeness (QED) is 0.816. The Labute approximate surface area is 159 Å². The summed E-state index contributed by atoms with van der Waals surface area (Å²) in [5.41, 5.74) is 3.12. The highest BCUT2D eigenvalue weighted by Crippen LogP contribution is 2.28. The minimum Gasteiger partial charge on any atom is -0.382 e. The van der Waals surface area contributed by atoms with Crippen LogP contribution in [0.25, 0.3) is 16.3 Å². The van der Waals surface area contributed by atoms with Crippen molar-refractivity contribution in [1.29, 1.82) is 0 Å². The Hall–Kier alpha value is -2.73. The van der Waals surface area contributed by atoms with Crippen LogP contribution < -0.4 is 10.6 Å². The lowest BCUT2D eigenvalue weighted by molar-refractivity contribution is -0.114. The van der Waals surface area contributed by atoms with Crippen LogP contribution in [0.5, 0.6) is 0 Å². The summed E-state index contributed by atoms with van der Waals surface area (Å²) in [6.07, 6.45) is 10.1. The van der Waals surface area contributed by atoms with Crippen molar-refractivity contribution in [2.45, 2.75) is 45.8 Å². The van der Waals surface area contributed by atoms with Crippen molar-refractivity contribution in [1.82, 2.24) is 15.3 Å². The first-order chi connectivity index (χ1) is 13.0. The molecule has 0 saturated heterocycles. The van der Waals surface area contributed by atoms with E-state index in [0.29, 0.717) is 5.82 Å². The van der Waals surface area contributed by atoms with Gasteiger partial charge in [-0.3, -0.25) is 9.78 Å². The van der Waals surface area contributed by atoms with Crippen LogP contribution in [0.1, 0.15) is 39.3 Å². The summed E-state index contributed by atoms with van der Waals surface area (Å²) in [6, 6.07) is 4.01. The number of carbonyl (C=O) groups is 1. The average molecular weight is 366 g/mol. The molecular weight excluding hydrogens is 340 g/mol. The van der Waals surface area contributed by atoms with Crippen LogP contribution in [-0.4, -0.2) is 35.1 Å². The van der Waals surface area contributed by atoms with Crippen molar-refractivity contribution in [3.8, 4) is 0 Å². The van der Waals surface area contributed by atoms with Gasteiger partial charge in [0.05, 0.1) is 17.8 Å². The lowest BCUT2D eigenvalue weighted by Gasteiger charge is -2.28. The van der Waals surface area contributed by atoms with Crippen molar-refractivity contribution in [3.63, 3.8) is 0 Å². The van der Waals surface area contributed by atoms with Crippen molar-refractivity contribution in [2.24, 2.45) is 0 Å². The van der Waals surface area contributed by atoms with Gasteiger partial charge in [0.25, 0.3) is 0 Å². The second-order valence-electron chi connectivity index (χ2n) is 6.83. The molecule has 6 heteroatoms. The molecule has 0 saturated carbocycles. The molecule has 2 aromatic rings. The first-order valence-electron chi connectivity index (χ1n) is 9.23. The lowest BCUT2D eigenvalue weighted by atomic mass is 9.95. The maximum Gasteiger partial charge on any atom is 0.222 e. The highest BCUT2D eigenvalue weighted by Gasteiger charge is 2.22. The predicted octanol–water partition coefficient (Wildman–Crippen LogP) is 3.66. The van der Waals surface area contributed by atoms with Gasteiger partial charge in [0.1, 0.15) is 5.82 Å². The van der Waals surface area contributed by atoms with Gasteiger partial charge in [-0.05, 0) is 31.1 Å². The Morgan fingerprint density at radius 2 is 2.04 bits per heavy atom. The molecule has 0 aliphatic carbocycles. The van der Waals surface area contributed by atoms with E-state index in [1.54, 1.807) is 13.3 Å². The molecule has 2 N–H and O–H groups in total. The smallest absolute Gasteiger partial charge is 0.222 e. The van der Waals surface area contributed by atoms with Gasteiger partial charge in [-0.1, -0.05) is 19.4 Å². The molecule has 2 unspecified atom stereocenters. The number of amides is 1. The molecule has 142 valence electrons. The van der Waals surface area contributed by atoms with Gasteiger partial charge < -0.3 is 15.4 Å². The van der Waals surface area contributed by atoms with Crippen LogP contribution in [0.2, 0.25) is 0 Å². The zero-order valence-electron chi connectivity index (χ0n) is 16.2. The highest BCUT2D eigenvalue weighted by molar-refractivity contribution is 5.92. The number of aromatic nitrogens is 2. The molecule has 2 atom stereocenters. The van der Waals surface area contributed by atoms with Gasteiger partial charge in [0.2, 0.25) is 5.91 Å². The summed E-state index contributed by atoms with van der Waals surface area (Å²) in [6.45, 7) is 5.73. The third-order valence-corrected chi connectivity index (χ3v) is 4.73. The van der Waals surface area contributed by atoms with Crippen LogP contribution in [0, 0.1) is 0 Å². The summed E-state index contributed by atoms with van der Waals surface area (Å²) >= 11 is 0. The van der Waals surface area contributed by atoms with Gasteiger partial charge in [-0.2, -0.15) is 0 Å². The number of rotatable bonds is 6. The van der Waals surface area contributed by atoms with E-state index in [4.69, 9.17) is 4.74 Å². The molecule has 3 rings (SSSR count). The first kappa shape index (κ1) is 19.0. The second kappa shape index (κ2) is 8.31. The molecule has 0 aromatic carbocycles. The number of allylic oxidation sites excluding steroid dienone is 2. The largest absolute Gasteiger partial charge is 0.382 e. The number of dihydropyridines is 1. The zero-order valence-corrected chi connectivity index (χ0v) is 16.2. The van der Waals surface area contributed by atoms with Crippen LogP contribution in [0.3, 0.4) is 0 Å². The third kappa shape index (κ3) is 4.34. The summed E-state index contributed by atoms with van der Waals surface area (Å²) in [7, 11) is 1.76. The summed E-state index contributed by atoms with van der Waals surface area (Å²) < 4.78 is 5.63.